The SMILES string of the molecule is CC(C)n1cc(CN2CCN([C@@H]3CCS(=O)(=O)C3)CC2)cn1. The Balaban J connectivity index is 1.49. The van der Waals surface area contributed by atoms with Gasteiger partial charge in [-0.1, -0.05) is 0 Å². The highest BCUT2D eigenvalue weighted by Gasteiger charge is 2.33. The van der Waals surface area contributed by atoms with Crippen LogP contribution in [0.3, 0.4) is 0 Å². The molecular formula is C15H26N4O2S. The van der Waals surface area contributed by atoms with Gasteiger partial charge in [-0.15, -0.1) is 0 Å². The summed E-state index contributed by atoms with van der Waals surface area (Å²) >= 11 is 0. The number of rotatable bonds is 4. The lowest BCUT2D eigenvalue weighted by Crippen LogP contribution is -2.50. The van der Waals surface area contributed by atoms with Gasteiger partial charge in [0.25, 0.3) is 0 Å². The zero-order valence-electron chi connectivity index (χ0n) is 13.5. The molecule has 1 aromatic heterocycles. The quantitative estimate of drug-likeness (QED) is 0.818. The summed E-state index contributed by atoms with van der Waals surface area (Å²) in [5.41, 5.74) is 1.26. The Bertz CT molecular complexity index is 603. The Labute approximate surface area is 133 Å². The summed E-state index contributed by atoms with van der Waals surface area (Å²) in [5.74, 6) is 0.723. The number of nitrogens with zero attached hydrogens (tertiary/aromatic N) is 4. The van der Waals surface area contributed by atoms with E-state index in [9.17, 15) is 8.42 Å². The van der Waals surface area contributed by atoms with Crippen LogP contribution in [0.2, 0.25) is 0 Å². The Kier molecular flexibility index (Phi) is 4.56. The van der Waals surface area contributed by atoms with Gasteiger partial charge in [-0.25, -0.2) is 8.42 Å². The molecule has 1 aromatic rings. The molecule has 2 fully saturated rings. The van der Waals surface area contributed by atoms with Crippen LogP contribution >= 0.6 is 0 Å². The number of sulfone groups is 1. The van der Waals surface area contributed by atoms with Crippen molar-refractivity contribution in [1.82, 2.24) is 19.6 Å². The van der Waals surface area contributed by atoms with E-state index in [1.165, 1.54) is 5.56 Å². The highest BCUT2D eigenvalue weighted by atomic mass is 32.2. The zero-order chi connectivity index (χ0) is 15.7. The molecule has 0 spiro atoms. The average Bonchev–Trinajstić information content (AvgIpc) is 3.06. The van der Waals surface area contributed by atoms with E-state index in [1.54, 1.807) is 0 Å². The maximum Gasteiger partial charge on any atom is 0.151 e. The summed E-state index contributed by atoms with van der Waals surface area (Å²) in [6.45, 7) is 9.14. The van der Waals surface area contributed by atoms with E-state index in [1.807, 2.05) is 10.9 Å². The third-order valence-electron chi connectivity index (χ3n) is 4.72. The molecular weight excluding hydrogens is 300 g/mol. The van der Waals surface area contributed by atoms with Crippen molar-refractivity contribution in [2.45, 2.75) is 38.9 Å². The van der Waals surface area contributed by atoms with Gasteiger partial charge >= 0.3 is 0 Å². The minimum atomic E-state index is -2.78. The minimum absolute atomic E-state index is 0.246. The maximum absolute atomic E-state index is 11.6. The zero-order valence-corrected chi connectivity index (χ0v) is 14.3. The highest BCUT2D eigenvalue weighted by molar-refractivity contribution is 7.91. The molecule has 22 heavy (non-hydrogen) atoms. The largest absolute Gasteiger partial charge is 0.297 e. The summed E-state index contributed by atoms with van der Waals surface area (Å²) in [4.78, 5) is 4.79. The number of aromatic nitrogens is 2. The van der Waals surface area contributed by atoms with E-state index in [0.29, 0.717) is 17.5 Å². The lowest BCUT2D eigenvalue weighted by atomic mass is 10.2. The van der Waals surface area contributed by atoms with Gasteiger partial charge in [0.1, 0.15) is 0 Å². The average molecular weight is 326 g/mol. The van der Waals surface area contributed by atoms with Crippen molar-refractivity contribution in [3.05, 3.63) is 18.0 Å². The lowest BCUT2D eigenvalue weighted by Gasteiger charge is -2.37. The first kappa shape index (κ1) is 16.0. The molecule has 2 aliphatic heterocycles. The van der Waals surface area contributed by atoms with Crippen molar-refractivity contribution >= 4 is 9.84 Å². The van der Waals surface area contributed by atoms with Crippen LogP contribution in [0.4, 0.5) is 0 Å². The molecule has 2 aliphatic rings. The third kappa shape index (κ3) is 3.70. The molecule has 6 nitrogen and oxygen atoms in total. The first-order valence-corrected chi connectivity index (χ1v) is 9.95. The van der Waals surface area contributed by atoms with E-state index in [4.69, 9.17) is 0 Å². The van der Waals surface area contributed by atoms with Gasteiger partial charge in [0.05, 0.1) is 17.7 Å². The van der Waals surface area contributed by atoms with Gasteiger partial charge < -0.3 is 0 Å². The highest BCUT2D eigenvalue weighted by Crippen LogP contribution is 2.20. The molecule has 0 N–H and O–H groups in total. The van der Waals surface area contributed by atoms with Gasteiger partial charge in [-0.3, -0.25) is 14.5 Å². The molecule has 0 radical (unpaired) electrons. The van der Waals surface area contributed by atoms with Gasteiger partial charge in [-0.2, -0.15) is 5.10 Å². The molecule has 0 amide bonds. The molecule has 3 heterocycles. The van der Waals surface area contributed by atoms with Gasteiger partial charge in [0.2, 0.25) is 0 Å². The second-order valence-corrected chi connectivity index (χ2v) is 9.02. The first-order chi connectivity index (χ1) is 10.4. The number of hydrogen-bond donors (Lipinski definition) is 0. The van der Waals surface area contributed by atoms with Gasteiger partial charge in [0, 0.05) is 56.6 Å². The molecule has 0 aliphatic carbocycles. The molecule has 124 valence electrons. The van der Waals surface area contributed by atoms with E-state index in [0.717, 1.165) is 39.1 Å². The van der Waals surface area contributed by atoms with Crippen molar-refractivity contribution in [3.8, 4) is 0 Å². The predicted molar refractivity (Wildman–Crippen MR) is 86.5 cm³/mol. The molecule has 0 saturated carbocycles. The fourth-order valence-electron chi connectivity index (χ4n) is 3.35. The first-order valence-electron chi connectivity index (χ1n) is 8.13. The molecule has 1 atom stereocenters. The molecule has 0 bridgehead atoms. The van der Waals surface area contributed by atoms with Crippen LogP contribution < -0.4 is 0 Å². The van der Waals surface area contributed by atoms with E-state index in [2.05, 4.69) is 34.9 Å². The van der Waals surface area contributed by atoms with Crippen LogP contribution in [0.1, 0.15) is 31.9 Å². The Hall–Kier alpha value is -0.920. The second kappa shape index (κ2) is 6.29. The molecule has 3 rings (SSSR count). The molecule has 2 saturated heterocycles. The van der Waals surface area contributed by atoms with Crippen molar-refractivity contribution in [3.63, 3.8) is 0 Å². The Morgan fingerprint density at radius 1 is 1.27 bits per heavy atom. The third-order valence-corrected chi connectivity index (χ3v) is 6.47. The predicted octanol–water partition coefficient (Wildman–Crippen LogP) is 0.769. The topological polar surface area (TPSA) is 58.4 Å². The van der Waals surface area contributed by atoms with E-state index < -0.39 is 9.84 Å². The summed E-state index contributed by atoms with van der Waals surface area (Å²) in [6.07, 6.45) is 4.89. The van der Waals surface area contributed by atoms with Crippen LogP contribution in [0.15, 0.2) is 12.4 Å². The Morgan fingerprint density at radius 3 is 2.55 bits per heavy atom. The fraction of sp³-hybridized carbons (Fsp3) is 0.800. The van der Waals surface area contributed by atoms with Gasteiger partial charge in [-0.05, 0) is 20.3 Å². The monoisotopic (exact) mass is 326 g/mol. The van der Waals surface area contributed by atoms with Gasteiger partial charge in [0.15, 0.2) is 9.84 Å². The normalized spacial score (nSPS) is 26.8. The number of hydrogen-bond acceptors (Lipinski definition) is 5. The van der Waals surface area contributed by atoms with Crippen molar-refractivity contribution in [2.75, 3.05) is 37.7 Å². The van der Waals surface area contributed by atoms with E-state index >= 15 is 0 Å². The smallest absolute Gasteiger partial charge is 0.151 e. The summed E-state index contributed by atoms with van der Waals surface area (Å²) in [6, 6.07) is 0.644. The summed E-state index contributed by atoms with van der Waals surface area (Å²) in [7, 11) is -2.78. The summed E-state index contributed by atoms with van der Waals surface area (Å²) < 4.78 is 25.2. The minimum Gasteiger partial charge on any atom is -0.297 e. The standard InChI is InChI=1S/C15H26N4O2S/c1-13(2)19-11-14(9-16-19)10-17-4-6-18(7-5-17)15-3-8-22(20,21)12-15/h9,11,13,15H,3-8,10,12H2,1-2H3/t15-/m1/s1. The number of piperazine rings is 1. The van der Waals surface area contributed by atoms with Crippen molar-refractivity contribution in [2.24, 2.45) is 0 Å². The van der Waals surface area contributed by atoms with Crippen LogP contribution in [0, 0.1) is 0 Å². The van der Waals surface area contributed by atoms with Crippen molar-refractivity contribution < 1.29 is 8.42 Å². The fourth-order valence-corrected chi connectivity index (χ4v) is 5.11. The second-order valence-electron chi connectivity index (χ2n) is 6.79. The van der Waals surface area contributed by atoms with Crippen LogP contribution in [-0.2, 0) is 16.4 Å². The maximum atomic E-state index is 11.6. The van der Waals surface area contributed by atoms with Crippen LogP contribution in [0.5, 0.6) is 0 Å². The van der Waals surface area contributed by atoms with Crippen LogP contribution in [0.25, 0.3) is 0 Å². The summed E-state index contributed by atoms with van der Waals surface area (Å²) in [5, 5.41) is 4.39. The molecule has 0 aromatic carbocycles. The van der Waals surface area contributed by atoms with Crippen LogP contribution in [-0.4, -0.2) is 71.7 Å². The van der Waals surface area contributed by atoms with Crippen molar-refractivity contribution in [1.29, 1.82) is 0 Å². The van der Waals surface area contributed by atoms with E-state index in [-0.39, 0.29) is 6.04 Å². The molecule has 0 unspecified atom stereocenters. The lowest BCUT2D eigenvalue weighted by molar-refractivity contribution is 0.100. The Morgan fingerprint density at radius 2 is 2.00 bits per heavy atom. The molecule has 7 heteroatoms.